The van der Waals surface area contributed by atoms with Crippen molar-refractivity contribution in [2.24, 2.45) is 5.41 Å². The topological polar surface area (TPSA) is 122 Å². The molecule has 2 N–H and O–H groups in total. The average Bonchev–Trinajstić information content (AvgIpc) is 3.27. The van der Waals surface area contributed by atoms with Gasteiger partial charge in [0, 0.05) is 56.8 Å². The maximum atomic E-state index is 14.0. The summed E-state index contributed by atoms with van der Waals surface area (Å²) in [5.41, 5.74) is 1.52. The van der Waals surface area contributed by atoms with Crippen molar-refractivity contribution in [3.63, 3.8) is 0 Å². The van der Waals surface area contributed by atoms with Gasteiger partial charge in [-0.05, 0) is 42.4 Å². The van der Waals surface area contributed by atoms with E-state index >= 15 is 0 Å². The quantitative estimate of drug-likeness (QED) is 0.484. The summed E-state index contributed by atoms with van der Waals surface area (Å²) < 4.78 is 12.4. The number of hydrogen-bond donors (Lipinski definition) is 2. The highest BCUT2D eigenvalue weighted by molar-refractivity contribution is 5.90. The van der Waals surface area contributed by atoms with Gasteiger partial charge in [0.25, 0.3) is 0 Å². The summed E-state index contributed by atoms with van der Waals surface area (Å²) in [6, 6.07) is 4.44. The molecule has 5 rings (SSSR count). The number of likely N-dealkylation sites (tertiary alicyclic amines) is 2. The first-order valence-corrected chi connectivity index (χ1v) is 14.2. The SMILES string of the molecule is COc1cc(CN2CCC(NC(=O)[C@@H]3C[C@@H](O)CN3C(=O)[C@@H](n3cc(C4CC4)nn3)C(C)(C)C)C2)cc(OC)c1. The normalized spacial score (nSPS) is 24.2. The van der Waals surface area contributed by atoms with Gasteiger partial charge >= 0.3 is 0 Å². The second-order valence-corrected chi connectivity index (χ2v) is 12.5. The average molecular weight is 555 g/mol. The molecule has 3 heterocycles. The van der Waals surface area contributed by atoms with Crippen LogP contribution < -0.4 is 14.8 Å². The van der Waals surface area contributed by atoms with E-state index in [-0.39, 0.29) is 30.8 Å². The van der Waals surface area contributed by atoms with E-state index in [9.17, 15) is 14.7 Å². The van der Waals surface area contributed by atoms with Gasteiger partial charge in [-0.15, -0.1) is 5.10 Å². The van der Waals surface area contributed by atoms with Crippen LogP contribution in [-0.4, -0.2) is 93.8 Å². The van der Waals surface area contributed by atoms with Crippen LogP contribution in [0.5, 0.6) is 11.5 Å². The number of amides is 2. The Labute approximate surface area is 235 Å². The lowest BCUT2D eigenvalue weighted by molar-refractivity contribution is -0.144. The van der Waals surface area contributed by atoms with Crippen molar-refractivity contribution >= 4 is 11.8 Å². The number of aliphatic hydroxyl groups is 1. The summed E-state index contributed by atoms with van der Waals surface area (Å²) in [7, 11) is 3.27. The molecule has 3 aliphatic rings. The maximum absolute atomic E-state index is 14.0. The van der Waals surface area contributed by atoms with Crippen molar-refractivity contribution in [2.45, 2.75) is 83.1 Å². The van der Waals surface area contributed by atoms with Crippen LogP contribution in [-0.2, 0) is 16.1 Å². The summed E-state index contributed by atoms with van der Waals surface area (Å²) in [6.07, 6.45) is 4.35. The predicted molar refractivity (Wildman–Crippen MR) is 148 cm³/mol. The Bertz CT molecular complexity index is 1200. The fourth-order valence-electron chi connectivity index (χ4n) is 5.93. The van der Waals surface area contributed by atoms with Crippen LogP contribution in [0.25, 0.3) is 0 Å². The van der Waals surface area contributed by atoms with Crippen LogP contribution in [0.4, 0.5) is 0 Å². The third-order valence-corrected chi connectivity index (χ3v) is 8.14. The number of carbonyl (C=O) groups is 2. The molecule has 0 radical (unpaired) electrons. The largest absolute Gasteiger partial charge is 0.497 e. The van der Waals surface area contributed by atoms with Crippen molar-refractivity contribution in [3.05, 3.63) is 35.7 Å². The number of methoxy groups -OCH3 is 2. The maximum Gasteiger partial charge on any atom is 0.248 e. The highest BCUT2D eigenvalue weighted by Gasteiger charge is 2.46. The molecular weight excluding hydrogens is 512 g/mol. The summed E-state index contributed by atoms with van der Waals surface area (Å²) in [6.45, 7) is 8.33. The van der Waals surface area contributed by atoms with E-state index in [0.29, 0.717) is 19.0 Å². The van der Waals surface area contributed by atoms with E-state index in [1.165, 1.54) is 0 Å². The Hall–Kier alpha value is -3.18. The fraction of sp³-hybridized carbons (Fsp3) is 0.655. The summed E-state index contributed by atoms with van der Waals surface area (Å²) >= 11 is 0. The van der Waals surface area contributed by atoms with E-state index in [1.807, 2.05) is 45.2 Å². The number of aliphatic hydroxyl groups excluding tert-OH is 1. The van der Waals surface area contributed by atoms with Crippen molar-refractivity contribution in [1.29, 1.82) is 0 Å². The lowest BCUT2D eigenvalue weighted by Crippen LogP contribution is -2.52. The minimum Gasteiger partial charge on any atom is -0.497 e. The molecule has 2 saturated heterocycles. The first-order valence-electron chi connectivity index (χ1n) is 14.2. The van der Waals surface area contributed by atoms with Gasteiger partial charge in [0.15, 0.2) is 0 Å². The standard InChI is InChI=1S/C29H42N6O5/c1-29(2,3)26(35-17-24(31-32-35)19-6-7-19)28(38)34-16-21(36)12-25(34)27(37)30-20-8-9-33(15-20)14-18-10-22(39-4)13-23(11-18)40-5/h10-11,13,17,19-21,25-26,36H,6-9,12,14-16H2,1-5H3,(H,30,37)/t20?,21-,25+,26-/m1/s1. The van der Waals surface area contributed by atoms with E-state index in [0.717, 1.165) is 48.6 Å². The number of hydrogen-bond acceptors (Lipinski definition) is 8. The minimum absolute atomic E-state index is 0.0375. The lowest BCUT2D eigenvalue weighted by Gasteiger charge is -2.34. The lowest BCUT2D eigenvalue weighted by atomic mass is 9.85. The van der Waals surface area contributed by atoms with E-state index in [1.54, 1.807) is 23.8 Å². The number of carbonyl (C=O) groups excluding carboxylic acids is 2. The van der Waals surface area contributed by atoms with E-state index < -0.39 is 23.6 Å². The summed E-state index contributed by atoms with van der Waals surface area (Å²) in [4.78, 5) is 31.3. The molecule has 1 aromatic carbocycles. The zero-order valence-corrected chi connectivity index (χ0v) is 24.2. The molecule has 0 spiro atoms. The fourth-order valence-corrected chi connectivity index (χ4v) is 5.93. The Morgan fingerprint density at radius 2 is 1.80 bits per heavy atom. The van der Waals surface area contributed by atoms with Crippen LogP contribution in [0.15, 0.2) is 24.4 Å². The highest BCUT2D eigenvalue weighted by atomic mass is 16.5. The number of nitrogens with zero attached hydrogens (tertiary/aromatic N) is 5. The van der Waals surface area contributed by atoms with Gasteiger partial charge in [-0.2, -0.15) is 0 Å². The molecule has 1 unspecified atom stereocenters. The zero-order valence-electron chi connectivity index (χ0n) is 24.2. The molecule has 1 aliphatic carbocycles. The molecule has 11 heteroatoms. The second kappa shape index (κ2) is 11.4. The third kappa shape index (κ3) is 6.25. The van der Waals surface area contributed by atoms with Crippen molar-refractivity contribution in [2.75, 3.05) is 33.9 Å². The van der Waals surface area contributed by atoms with Gasteiger partial charge in [-0.25, -0.2) is 4.68 Å². The molecule has 2 aliphatic heterocycles. The molecule has 3 fully saturated rings. The van der Waals surface area contributed by atoms with E-state index in [2.05, 4.69) is 20.5 Å². The van der Waals surface area contributed by atoms with Gasteiger partial charge in [0.05, 0.1) is 26.0 Å². The molecule has 11 nitrogen and oxygen atoms in total. The number of ether oxygens (including phenoxy) is 2. The molecular formula is C29H42N6O5. The van der Waals surface area contributed by atoms with E-state index in [4.69, 9.17) is 9.47 Å². The monoisotopic (exact) mass is 554 g/mol. The molecule has 2 amide bonds. The Balaban J connectivity index is 1.24. The van der Waals surface area contributed by atoms with Crippen LogP contribution >= 0.6 is 0 Å². The minimum atomic E-state index is -0.749. The molecule has 2 aromatic rings. The summed E-state index contributed by atoms with van der Waals surface area (Å²) in [5, 5.41) is 22.3. The number of benzene rings is 1. The molecule has 0 bridgehead atoms. The zero-order chi connectivity index (χ0) is 28.6. The first-order chi connectivity index (χ1) is 19.0. The molecule has 40 heavy (non-hydrogen) atoms. The van der Waals surface area contributed by atoms with Crippen molar-refractivity contribution < 1.29 is 24.2 Å². The number of nitrogens with one attached hydrogen (secondary N) is 1. The second-order valence-electron chi connectivity index (χ2n) is 12.5. The summed E-state index contributed by atoms with van der Waals surface area (Å²) in [5.74, 6) is 1.48. The molecule has 4 atom stereocenters. The van der Waals surface area contributed by atoms with Gasteiger partial charge in [-0.1, -0.05) is 26.0 Å². The number of β-amino-alcohol motifs (C(OH)–C–C–N with tert-alkyl or cyclic N) is 1. The molecule has 1 aromatic heterocycles. The predicted octanol–water partition coefficient (Wildman–Crippen LogP) is 2.11. The molecule has 218 valence electrons. The van der Waals surface area contributed by atoms with Crippen molar-refractivity contribution in [1.82, 2.24) is 30.1 Å². The van der Waals surface area contributed by atoms with Gasteiger partial charge < -0.3 is 24.8 Å². The molecule has 1 saturated carbocycles. The van der Waals surface area contributed by atoms with Crippen molar-refractivity contribution in [3.8, 4) is 11.5 Å². The number of rotatable bonds is 9. The Morgan fingerprint density at radius 1 is 1.10 bits per heavy atom. The highest BCUT2D eigenvalue weighted by Crippen LogP contribution is 2.40. The smallest absolute Gasteiger partial charge is 0.248 e. The van der Waals surface area contributed by atoms with Gasteiger partial charge in [-0.3, -0.25) is 14.5 Å². The van der Waals surface area contributed by atoms with Crippen LogP contribution in [0.2, 0.25) is 0 Å². The number of aromatic nitrogens is 3. The van der Waals surface area contributed by atoms with Gasteiger partial charge in [0.2, 0.25) is 11.8 Å². The van der Waals surface area contributed by atoms with Crippen LogP contribution in [0.1, 0.15) is 69.7 Å². The van der Waals surface area contributed by atoms with Crippen LogP contribution in [0.3, 0.4) is 0 Å². The third-order valence-electron chi connectivity index (χ3n) is 8.14. The van der Waals surface area contributed by atoms with Gasteiger partial charge in [0.1, 0.15) is 23.6 Å². The van der Waals surface area contributed by atoms with Crippen LogP contribution in [0, 0.1) is 5.41 Å². The first kappa shape index (κ1) is 28.4. The Morgan fingerprint density at radius 3 is 2.42 bits per heavy atom. The Kier molecular flexibility index (Phi) is 8.05.